The van der Waals surface area contributed by atoms with Crippen LogP contribution in [0.5, 0.6) is 0 Å². The molecule has 14 heavy (non-hydrogen) atoms. The van der Waals surface area contributed by atoms with E-state index in [-0.39, 0.29) is 31.1 Å². The maximum atomic E-state index is 11.8. The molecule has 1 unspecified atom stereocenters. The van der Waals surface area contributed by atoms with Crippen molar-refractivity contribution in [1.82, 2.24) is 0 Å². The molecule has 0 aliphatic rings. The summed E-state index contributed by atoms with van der Waals surface area (Å²) in [7, 11) is -3.46. The van der Waals surface area contributed by atoms with Crippen LogP contribution >= 0.6 is 7.60 Å². The summed E-state index contributed by atoms with van der Waals surface area (Å²) >= 11 is 0. The summed E-state index contributed by atoms with van der Waals surface area (Å²) in [4.78, 5) is 0. The van der Waals surface area contributed by atoms with Gasteiger partial charge in [0.1, 0.15) is 0 Å². The molecule has 0 N–H and O–H groups in total. The van der Waals surface area contributed by atoms with E-state index in [4.69, 9.17) is 9.05 Å². The minimum Gasteiger partial charge on any atom is -0.843 e. The van der Waals surface area contributed by atoms with Crippen LogP contribution in [-0.4, -0.2) is 18.1 Å². The summed E-state index contributed by atoms with van der Waals surface area (Å²) in [5.74, 6) is -1.34. The van der Waals surface area contributed by atoms with E-state index in [2.05, 4.69) is 0 Å². The predicted octanol–water partition coefficient (Wildman–Crippen LogP) is -1.26. The standard InChI is InChI=1S/C8H18O4P.Li/c1-6(2)11-13(10,8(5)9)12-7(3)4;/h6-8H,1-5H3;/q-1;+1. The maximum absolute atomic E-state index is 11.8. The Balaban J connectivity index is 0. The third kappa shape index (κ3) is 6.24. The summed E-state index contributed by atoms with van der Waals surface area (Å²) in [5.41, 5.74) is 0. The van der Waals surface area contributed by atoms with E-state index in [0.717, 1.165) is 0 Å². The van der Waals surface area contributed by atoms with Crippen LogP contribution in [0.25, 0.3) is 0 Å². The van der Waals surface area contributed by atoms with E-state index in [9.17, 15) is 9.67 Å². The van der Waals surface area contributed by atoms with Crippen LogP contribution in [0.2, 0.25) is 0 Å². The third-order valence-corrected chi connectivity index (χ3v) is 3.48. The third-order valence-electron chi connectivity index (χ3n) is 1.16. The zero-order valence-electron chi connectivity index (χ0n) is 9.81. The van der Waals surface area contributed by atoms with Crippen molar-refractivity contribution in [3.05, 3.63) is 0 Å². The number of rotatable bonds is 5. The monoisotopic (exact) mass is 216 g/mol. The Kier molecular flexibility index (Phi) is 8.63. The number of hydrogen-bond donors (Lipinski definition) is 0. The molecule has 0 amide bonds. The van der Waals surface area contributed by atoms with Gasteiger partial charge in [-0.05, 0) is 33.5 Å². The van der Waals surface area contributed by atoms with Gasteiger partial charge in [0.25, 0.3) is 0 Å². The molecule has 0 rings (SSSR count). The second-order valence-electron chi connectivity index (χ2n) is 3.45. The van der Waals surface area contributed by atoms with Gasteiger partial charge in [0.15, 0.2) is 0 Å². The normalized spacial score (nSPS) is 14.3. The summed E-state index contributed by atoms with van der Waals surface area (Å²) in [6.45, 7) is 8.18. The topological polar surface area (TPSA) is 58.6 Å². The molecule has 0 heterocycles. The quantitative estimate of drug-likeness (QED) is 0.425. The van der Waals surface area contributed by atoms with Gasteiger partial charge in [-0.3, -0.25) is 4.57 Å². The van der Waals surface area contributed by atoms with E-state index < -0.39 is 13.4 Å². The molecule has 6 heteroatoms. The minimum atomic E-state index is -3.46. The van der Waals surface area contributed by atoms with Gasteiger partial charge < -0.3 is 14.2 Å². The number of hydrogen-bond acceptors (Lipinski definition) is 4. The van der Waals surface area contributed by atoms with Crippen LogP contribution in [0.3, 0.4) is 0 Å². The second-order valence-corrected chi connectivity index (χ2v) is 5.68. The van der Waals surface area contributed by atoms with Crippen LogP contribution in [0.1, 0.15) is 34.6 Å². The van der Waals surface area contributed by atoms with Crippen LogP contribution < -0.4 is 24.0 Å². The molecule has 80 valence electrons. The molecule has 0 spiro atoms. The van der Waals surface area contributed by atoms with Crippen molar-refractivity contribution in [1.29, 1.82) is 0 Å². The van der Waals surface area contributed by atoms with E-state index in [1.165, 1.54) is 6.92 Å². The van der Waals surface area contributed by atoms with Crippen LogP contribution in [-0.2, 0) is 13.6 Å². The van der Waals surface area contributed by atoms with Crippen molar-refractivity contribution in [2.24, 2.45) is 0 Å². The smallest absolute Gasteiger partial charge is 0.843 e. The van der Waals surface area contributed by atoms with Gasteiger partial charge in [0.05, 0.1) is 12.2 Å². The SMILES string of the molecule is CC(C)OP(=O)(OC(C)C)C(C)[O-].[Li+]. The molecule has 0 aromatic rings. The summed E-state index contributed by atoms with van der Waals surface area (Å²) in [6, 6.07) is 0. The van der Waals surface area contributed by atoms with Crippen molar-refractivity contribution >= 4 is 7.60 Å². The first-order valence-corrected chi connectivity index (χ1v) is 6.01. The van der Waals surface area contributed by atoms with Crippen molar-refractivity contribution in [2.45, 2.75) is 52.7 Å². The largest absolute Gasteiger partial charge is 1.00 e. The first-order valence-electron chi connectivity index (χ1n) is 4.40. The van der Waals surface area contributed by atoms with Crippen molar-refractivity contribution in [3.63, 3.8) is 0 Å². The Morgan fingerprint density at radius 3 is 1.43 bits per heavy atom. The van der Waals surface area contributed by atoms with Gasteiger partial charge >= 0.3 is 26.5 Å². The zero-order valence-corrected chi connectivity index (χ0v) is 10.7. The zero-order chi connectivity index (χ0) is 10.6. The first kappa shape index (κ1) is 17.1. The second kappa shape index (κ2) is 7.06. The average Bonchev–Trinajstić information content (AvgIpc) is 1.82. The Bertz CT molecular complexity index is 180. The van der Waals surface area contributed by atoms with Gasteiger partial charge in [0, 0.05) is 0 Å². The van der Waals surface area contributed by atoms with Crippen molar-refractivity contribution in [2.75, 3.05) is 0 Å². The molecule has 4 nitrogen and oxygen atoms in total. The summed E-state index contributed by atoms with van der Waals surface area (Å²) in [6.07, 6.45) is -0.526. The molecule has 0 saturated heterocycles. The van der Waals surface area contributed by atoms with Crippen LogP contribution in [0, 0.1) is 0 Å². The minimum absolute atomic E-state index is 0. The predicted molar refractivity (Wildman–Crippen MR) is 49.5 cm³/mol. The molecule has 0 aromatic heterocycles. The molecular weight excluding hydrogens is 198 g/mol. The van der Waals surface area contributed by atoms with E-state index in [1.807, 2.05) is 0 Å². The maximum Gasteiger partial charge on any atom is 1.00 e. The van der Waals surface area contributed by atoms with Gasteiger partial charge in [-0.2, -0.15) is 0 Å². The Hall–Kier alpha value is 0.707. The van der Waals surface area contributed by atoms with Gasteiger partial charge in [0.2, 0.25) is 0 Å². The molecular formula is C8H18LiO4P. The van der Waals surface area contributed by atoms with E-state index >= 15 is 0 Å². The molecule has 0 aliphatic carbocycles. The summed E-state index contributed by atoms with van der Waals surface area (Å²) < 4.78 is 21.8. The van der Waals surface area contributed by atoms with E-state index in [1.54, 1.807) is 27.7 Å². The van der Waals surface area contributed by atoms with Crippen LogP contribution in [0.4, 0.5) is 0 Å². The molecule has 0 radical (unpaired) electrons. The molecule has 0 aliphatic heterocycles. The molecule has 0 fully saturated rings. The van der Waals surface area contributed by atoms with Gasteiger partial charge in [-0.25, -0.2) is 0 Å². The summed E-state index contributed by atoms with van der Waals surface area (Å²) in [5, 5.41) is 11.1. The molecule has 0 bridgehead atoms. The fourth-order valence-electron chi connectivity index (χ4n) is 0.784. The van der Waals surface area contributed by atoms with Crippen LogP contribution in [0.15, 0.2) is 0 Å². The van der Waals surface area contributed by atoms with Crippen molar-refractivity contribution in [3.8, 4) is 0 Å². The van der Waals surface area contributed by atoms with Gasteiger partial charge in [-0.1, -0.05) is 6.92 Å². The molecule has 0 saturated carbocycles. The molecule has 0 aromatic carbocycles. The Labute approximate surface area is 98.1 Å². The van der Waals surface area contributed by atoms with Gasteiger partial charge in [-0.15, -0.1) is 0 Å². The fourth-order valence-corrected chi connectivity index (χ4v) is 2.35. The fraction of sp³-hybridized carbons (Fsp3) is 1.00. The Morgan fingerprint density at radius 1 is 1.00 bits per heavy atom. The average molecular weight is 216 g/mol. The molecule has 1 atom stereocenters. The Morgan fingerprint density at radius 2 is 1.29 bits per heavy atom. The van der Waals surface area contributed by atoms with E-state index in [0.29, 0.717) is 0 Å². The first-order chi connectivity index (χ1) is 5.78. The van der Waals surface area contributed by atoms with Crippen molar-refractivity contribution < 1.29 is 37.6 Å².